The van der Waals surface area contributed by atoms with Crippen LogP contribution in [0.1, 0.15) is 5.56 Å². The molecule has 2 amide bonds. The first-order valence-electron chi connectivity index (χ1n) is 7.40. The topological polar surface area (TPSA) is 134 Å². The monoisotopic (exact) mass is 354 g/mol. The SMILES string of the molecule is N#Cc1ccc(NC(=O)COCC(=O)Nc2ccccc2[N+](=O)[O-])cc1. The standard InChI is InChI=1S/C17H14N4O5/c18-9-12-5-7-13(8-6-12)19-16(22)10-26-11-17(23)20-14-3-1-2-4-15(14)21(24)25/h1-8H,10-11H2,(H,19,22)(H,20,23). The smallest absolute Gasteiger partial charge is 0.292 e. The molecule has 0 bridgehead atoms. The zero-order valence-electron chi connectivity index (χ0n) is 13.5. The number of carbonyl (C=O) groups excluding carboxylic acids is 2. The molecule has 0 fully saturated rings. The Hall–Kier alpha value is -3.77. The first-order valence-corrected chi connectivity index (χ1v) is 7.40. The minimum absolute atomic E-state index is 0.0492. The van der Waals surface area contributed by atoms with E-state index in [0.717, 1.165) is 0 Å². The molecule has 9 nitrogen and oxygen atoms in total. The molecule has 0 aliphatic rings. The molecule has 2 rings (SSSR count). The number of nitro benzene ring substituents is 1. The maximum atomic E-state index is 11.8. The van der Waals surface area contributed by atoms with Crippen molar-refractivity contribution in [1.82, 2.24) is 0 Å². The molecule has 2 aromatic rings. The van der Waals surface area contributed by atoms with Crippen molar-refractivity contribution in [3.63, 3.8) is 0 Å². The van der Waals surface area contributed by atoms with Crippen LogP contribution in [0.2, 0.25) is 0 Å². The van der Waals surface area contributed by atoms with Gasteiger partial charge in [0.25, 0.3) is 11.6 Å². The molecule has 0 aliphatic heterocycles. The summed E-state index contributed by atoms with van der Waals surface area (Å²) < 4.78 is 5.00. The second-order valence-corrected chi connectivity index (χ2v) is 5.05. The van der Waals surface area contributed by atoms with Crippen molar-refractivity contribution >= 4 is 28.9 Å². The molecule has 0 radical (unpaired) electrons. The van der Waals surface area contributed by atoms with Gasteiger partial charge in [-0.25, -0.2) is 0 Å². The van der Waals surface area contributed by atoms with Gasteiger partial charge in [0.15, 0.2) is 0 Å². The van der Waals surface area contributed by atoms with Crippen LogP contribution >= 0.6 is 0 Å². The lowest BCUT2D eigenvalue weighted by Gasteiger charge is -2.07. The average molecular weight is 354 g/mol. The fourth-order valence-corrected chi connectivity index (χ4v) is 1.99. The fraction of sp³-hybridized carbons (Fsp3) is 0.118. The Morgan fingerprint density at radius 2 is 1.65 bits per heavy atom. The lowest BCUT2D eigenvalue weighted by Crippen LogP contribution is -2.24. The molecule has 0 spiro atoms. The van der Waals surface area contributed by atoms with Crippen LogP contribution in [-0.4, -0.2) is 30.0 Å². The summed E-state index contributed by atoms with van der Waals surface area (Å²) in [6, 6.07) is 13.9. The van der Waals surface area contributed by atoms with Crippen molar-refractivity contribution in [3.8, 4) is 6.07 Å². The Morgan fingerprint density at radius 3 is 2.27 bits per heavy atom. The summed E-state index contributed by atoms with van der Waals surface area (Å²) in [5.41, 5.74) is 0.764. The molecule has 9 heteroatoms. The van der Waals surface area contributed by atoms with E-state index in [0.29, 0.717) is 11.3 Å². The molecule has 2 aromatic carbocycles. The maximum absolute atomic E-state index is 11.8. The number of nitriles is 1. The molecule has 0 unspecified atom stereocenters. The van der Waals surface area contributed by atoms with Crippen molar-refractivity contribution in [2.45, 2.75) is 0 Å². The van der Waals surface area contributed by atoms with Crippen LogP contribution in [0, 0.1) is 21.4 Å². The normalized spacial score (nSPS) is 9.81. The summed E-state index contributed by atoms with van der Waals surface area (Å²) in [4.78, 5) is 33.8. The van der Waals surface area contributed by atoms with Gasteiger partial charge < -0.3 is 15.4 Å². The summed E-state index contributed by atoms with van der Waals surface area (Å²) in [5, 5.41) is 24.5. The van der Waals surface area contributed by atoms with Gasteiger partial charge in [0.05, 0.1) is 16.6 Å². The Kier molecular flexibility index (Phi) is 6.36. The van der Waals surface area contributed by atoms with Gasteiger partial charge in [0.2, 0.25) is 5.91 Å². The summed E-state index contributed by atoms with van der Waals surface area (Å²) in [6.07, 6.45) is 0. The van der Waals surface area contributed by atoms with Crippen LogP contribution < -0.4 is 10.6 Å². The van der Waals surface area contributed by atoms with Gasteiger partial charge in [0, 0.05) is 11.8 Å². The van der Waals surface area contributed by atoms with Gasteiger partial charge in [-0.3, -0.25) is 19.7 Å². The highest BCUT2D eigenvalue weighted by Gasteiger charge is 2.15. The largest absolute Gasteiger partial charge is 0.362 e. The number of nitrogens with one attached hydrogen (secondary N) is 2. The van der Waals surface area contributed by atoms with Crippen molar-refractivity contribution in [3.05, 3.63) is 64.2 Å². The van der Waals surface area contributed by atoms with Gasteiger partial charge in [-0.05, 0) is 30.3 Å². The third-order valence-corrected chi connectivity index (χ3v) is 3.14. The molecule has 132 valence electrons. The molecule has 0 saturated carbocycles. The number of hydrogen-bond donors (Lipinski definition) is 2. The minimum Gasteiger partial charge on any atom is -0.362 e. The van der Waals surface area contributed by atoms with Crippen molar-refractivity contribution < 1.29 is 19.2 Å². The van der Waals surface area contributed by atoms with E-state index < -0.39 is 23.3 Å². The predicted molar refractivity (Wildman–Crippen MR) is 92.3 cm³/mol. The molecule has 0 aromatic heterocycles. The molecule has 2 N–H and O–H groups in total. The van der Waals surface area contributed by atoms with E-state index in [1.807, 2.05) is 6.07 Å². The second-order valence-electron chi connectivity index (χ2n) is 5.05. The van der Waals surface area contributed by atoms with Gasteiger partial charge >= 0.3 is 0 Å². The van der Waals surface area contributed by atoms with E-state index in [1.165, 1.54) is 18.2 Å². The number of nitrogens with zero attached hydrogens (tertiary/aromatic N) is 2. The molecule has 0 heterocycles. The Morgan fingerprint density at radius 1 is 1.04 bits per heavy atom. The number of anilines is 2. The number of carbonyl (C=O) groups is 2. The first kappa shape index (κ1) is 18.6. The summed E-state index contributed by atoms with van der Waals surface area (Å²) in [7, 11) is 0. The Bertz CT molecular complexity index is 858. The van der Waals surface area contributed by atoms with E-state index in [2.05, 4.69) is 10.6 Å². The van der Waals surface area contributed by atoms with Crippen LogP contribution in [0.3, 0.4) is 0 Å². The first-order chi connectivity index (χ1) is 12.5. The highest BCUT2D eigenvalue weighted by molar-refractivity contribution is 5.95. The summed E-state index contributed by atoms with van der Waals surface area (Å²) in [6.45, 7) is -0.808. The lowest BCUT2D eigenvalue weighted by atomic mass is 10.2. The van der Waals surface area contributed by atoms with E-state index in [9.17, 15) is 19.7 Å². The lowest BCUT2D eigenvalue weighted by molar-refractivity contribution is -0.383. The fourth-order valence-electron chi connectivity index (χ4n) is 1.99. The Balaban J connectivity index is 1.78. The number of rotatable bonds is 7. The van der Waals surface area contributed by atoms with Gasteiger partial charge in [-0.2, -0.15) is 5.26 Å². The van der Waals surface area contributed by atoms with Crippen LogP contribution in [-0.2, 0) is 14.3 Å². The zero-order valence-corrected chi connectivity index (χ0v) is 13.5. The van der Waals surface area contributed by atoms with Crippen LogP contribution in [0.5, 0.6) is 0 Å². The number of ether oxygens (including phenoxy) is 1. The quantitative estimate of drug-likeness (QED) is 0.577. The number of amides is 2. The average Bonchev–Trinajstić information content (AvgIpc) is 2.62. The second kappa shape index (κ2) is 8.91. The highest BCUT2D eigenvalue weighted by Crippen LogP contribution is 2.22. The number of hydrogen-bond acceptors (Lipinski definition) is 6. The summed E-state index contributed by atoms with van der Waals surface area (Å²) in [5.74, 6) is -1.10. The van der Waals surface area contributed by atoms with Crippen LogP contribution in [0.25, 0.3) is 0 Å². The molecule has 0 atom stereocenters. The van der Waals surface area contributed by atoms with Gasteiger partial charge in [-0.15, -0.1) is 0 Å². The van der Waals surface area contributed by atoms with Crippen molar-refractivity contribution in [2.75, 3.05) is 23.8 Å². The van der Waals surface area contributed by atoms with E-state index in [4.69, 9.17) is 10.00 Å². The number of benzene rings is 2. The minimum atomic E-state index is -0.620. The Labute approximate surface area is 148 Å². The van der Waals surface area contributed by atoms with E-state index in [1.54, 1.807) is 30.3 Å². The maximum Gasteiger partial charge on any atom is 0.292 e. The van der Waals surface area contributed by atoms with Crippen molar-refractivity contribution in [1.29, 1.82) is 5.26 Å². The zero-order chi connectivity index (χ0) is 18.9. The third kappa shape index (κ3) is 5.40. The van der Waals surface area contributed by atoms with Crippen LogP contribution in [0.15, 0.2) is 48.5 Å². The molecule has 26 heavy (non-hydrogen) atoms. The van der Waals surface area contributed by atoms with E-state index >= 15 is 0 Å². The van der Waals surface area contributed by atoms with Gasteiger partial charge in [-0.1, -0.05) is 12.1 Å². The number of para-hydroxylation sites is 2. The van der Waals surface area contributed by atoms with Gasteiger partial charge in [0.1, 0.15) is 18.9 Å². The highest BCUT2D eigenvalue weighted by atomic mass is 16.6. The third-order valence-electron chi connectivity index (χ3n) is 3.14. The summed E-state index contributed by atoms with van der Waals surface area (Å²) >= 11 is 0. The molecule has 0 aliphatic carbocycles. The molecular weight excluding hydrogens is 340 g/mol. The predicted octanol–water partition coefficient (Wildman–Crippen LogP) is 2.06. The van der Waals surface area contributed by atoms with E-state index in [-0.39, 0.29) is 18.0 Å². The molecular formula is C17H14N4O5. The van der Waals surface area contributed by atoms with Crippen molar-refractivity contribution in [2.24, 2.45) is 0 Å². The number of nitro groups is 1. The van der Waals surface area contributed by atoms with Crippen LogP contribution in [0.4, 0.5) is 17.1 Å². The molecule has 0 saturated heterocycles.